The van der Waals surface area contributed by atoms with Gasteiger partial charge in [-0.25, -0.2) is 9.97 Å². The van der Waals surface area contributed by atoms with Crippen LogP contribution in [0.25, 0.3) is 0 Å². The highest BCUT2D eigenvalue weighted by Crippen LogP contribution is 2.21. The Morgan fingerprint density at radius 1 is 1.14 bits per heavy atom. The van der Waals surface area contributed by atoms with Crippen molar-refractivity contribution in [3.63, 3.8) is 0 Å². The predicted molar refractivity (Wildman–Crippen MR) is 85.5 cm³/mol. The van der Waals surface area contributed by atoms with Crippen molar-refractivity contribution in [3.8, 4) is 0 Å². The normalized spacial score (nSPS) is 10.7. The maximum atomic E-state index is 4.59. The Morgan fingerprint density at radius 2 is 1.86 bits per heavy atom. The first-order valence-corrected chi connectivity index (χ1v) is 7.46. The molecule has 0 spiro atoms. The standard InChI is InChI=1S/C15H24N6/c1-5-7-16-14-11(3)15(20-13(6-2)19-14)17-8-12-9-18-21(4)10-12/h9-10H,5-8H2,1-4H3,(H2,16,17,19,20). The zero-order valence-corrected chi connectivity index (χ0v) is 13.3. The average Bonchev–Trinajstić information content (AvgIpc) is 2.90. The summed E-state index contributed by atoms with van der Waals surface area (Å²) in [4.78, 5) is 9.16. The SMILES string of the molecule is CCCNc1nc(CC)nc(NCc2cnn(C)c2)c1C. The number of aryl methyl sites for hydroxylation is 2. The molecule has 6 nitrogen and oxygen atoms in total. The Kier molecular flexibility index (Phi) is 5.14. The third-order valence-electron chi connectivity index (χ3n) is 3.27. The van der Waals surface area contributed by atoms with E-state index < -0.39 is 0 Å². The molecule has 0 atom stereocenters. The molecule has 0 saturated heterocycles. The molecule has 0 aliphatic heterocycles. The molecule has 2 N–H and O–H groups in total. The van der Waals surface area contributed by atoms with Crippen molar-refractivity contribution in [3.05, 3.63) is 29.3 Å². The molecular formula is C15H24N6. The van der Waals surface area contributed by atoms with Gasteiger partial charge in [-0.1, -0.05) is 13.8 Å². The summed E-state index contributed by atoms with van der Waals surface area (Å²) >= 11 is 0. The van der Waals surface area contributed by atoms with Crippen LogP contribution >= 0.6 is 0 Å². The predicted octanol–water partition coefficient (Wildman–Crippen LogP) is 2.51. The molecule has 0 bridgehead atoms. The van der Waals surface area contributed by atoms with Crippen molar-refractivity contribution in [1.29, 1.82) is 0 Å². The highest BCUT2D eigenvalue weighted by molar-refractivity contribution is 5.57. The summed E-state index contributed by atoms with van der Waals surface area (Å²) in [5, 5.41) is 10.9. The fraction of sp³-hybridized carbons (Fsp3) is 0.533. The smallest absolute Gasteiger partial charge is 0.135 e. The van der Waals surface area contributed by atoms with Crippen molar-refractivity contribution >= 4 is 11.6 Å². The first-order valence-electron chi connectivity index (χ1n) is 7.46. The van der Waals surface area contributed by atoms with Gasteiger partial charge in [-0.2, -0.15) is 5.10 Å². The Balaban J connectivity index is 2.16. The average molecular weight is 288 g/mol. The summed E-state index contributed by atoms with van der Waals surface area (Å²) in [6.07, 6.45) is 5.76. The number of anilines is 2. The van der Waals surface area contributed by atoms with Crippen LogP contribution in [0.4, 0.5) is 11.6 Å². The van der Waals surface area contributed by atoms with Crippen LogP contribution in [0, 0.1) is 6.92 Å². The first-order chi connectivity index (χ1) is 10.1. The van der Waals surface area contributed by atoms with Gasteiger partial charge in [0.2, 0.25) is 0 Å². The van der Waals surface area contributed by atoms with E-state index in [1.54, 1.807) is 4.68 Å². The minimum absolute atomic E-state index is 0.710. The van der Waals surface area contributed by atoms with E-state index in [0.29, 0.717) is 6.54 Å². The molecule has 6 heteroatoms. The summed E-state index contributed by atoms with van der Waals surface area (Å²) in [5.41, 5.74) is 2.20. The van der Waals surface area contributed by atoms with E-state index >= 15 is 0 Å². The van der Waals surface area contributed by atoms with Crippen LogP contribution in [-0.2, 0) is 20.0 Å². The van der Waals surface area contributed by atoms with Crippen LogP contribution in [-0.4, -0.2) is 26.3 Å². The van der Waals surface area contributed by atoms with E-state index in [2.05, 4.69) is 39.5 Å². The lowest BCUT2D eigenvalue weighted by Crippen LogP contribution is -2.11. The summed E-state index contributed by atoms with van der Waals surface area (Å²) in [6, 6.07) is 0. The molecule has 21 heavy (non-hydrogen) atoms. The van der Waals surface area contributed by atoms with Gasteiger partial charge in [0, 0.05) is 43.9 Å². The molecule has 0 aliphatic carbocycles. The lowest BCUT2D eigenvalue weighted by Gasteiger charge is -2.14. The Bertz CT molecular complexity index is 590. The molecule has 0 aromatic carbocycles. The van der Waals surface area contributed by atoms with Gasteiger partial charge in [-0.05, 0) is 13.3 Å². The van der Waals surface area contributed by atoms with Gasteiger partial charge in [-0.3, -0.25) is 4.68 Å². The third-order valence-corrected chi connectivity index (χ3v) is 3.27. The molecule has 0 aliphatic rings. The third kappa shape index (κ3) is 3.93. The lowest BCUT2D eigenvalue weighted by atomic mass is 10.2. The van der Waals surface area contributed by atoms with Gasteiger partial charge < -0.3 is 10.6 Å². The second kappa shape index (κ2) is 7.06. The van der Waals surface area contributed by atoms with Gasteiger partial charge in [0.1, 0.15) is 17.5 Å². The molecule has 2 aromatic rings. The number of hydrogen-bond donors (Lipinski definition) is 2. The van der Waals surface area contributed by atoms with E-state index in [0.717, 1.165) is 48.0 Å². The quantitative estimate of drug-likeness (QED) is 0.819. The van der Waals surface area contributed by atoms with Crippen LogP contribution in [0.15, 0.2) is 12.4 Å². The van der Waals surface area contributed by atoms with Crippen molar-refractivity contribution in [2.24, 2.45) is 7.05 Å². The second-order valence-corrected chi connectivity index (χ2v) is 5.12. The largest absolute Gasteiger partial charge is 0.370 e. The molecule has 0 fully saturated rings. The molecule has 2 aromatic heterocycles. The number of aromatic nitrogens is 4. The molecule has 0 unspecified atom stereocenters. The topological polar surface area (TPSA) is 67.7 Å². The number of rotatable bonds is 7. The van der Waals surface area contributed by atoms with Crippen LogP contribution in [0.3, 0.4) is 0 Å². The van der Waals surface area contributed by atoms with Crippen LogP contribution in [0.1, 0.15) is 37.2 Å². The Morgan fingerprint density at radius 3 is 2.43 bits per heavy atom. The summed E-state index contributed by atoms with van der Waals surface area (Å²) < 4.78 is 1.80. The van der Waals surface area contributed by atoms with Crippen LogP contribution in [0.2, 0.25) is 0 Å². The lowest BCUT2D eigenvalue weighted by molar-refractivity contribution is 0.767. The number of nitrogens with one attached hydrogen (secondary N) is 2. The maximum Gasteiger partial charge on any atom is 0.135 e. The number of hydrogen-bond acceptors (Lipinski definition) is 5. The maximum absolute atomic E-state index is 4.59. The van der Waals surface area contributed by atoms with E-state index in [1.807, 2.05) is 26.4 Å². The second-order valence-electron chi connectivity index (χ2n) is 5.12. The Labute approximate surface area is 126 Å². The van der Waals surface area contributed by atoms with Gasteiger partial charge in [-0.15, -0.1) is 0 Å². The van der Waals surface area contributed by atoms with Crippen LogP contribution < -0.4 is 10.6 Å². The highest BCUT2D eigenvalue weighted by Gasteiger charge is 2.10. The minimum Gasteiger partial charge on any atom is -0.370 e. The van der Waals surface area contributed by atoms with E-state index in [1.165, 1.54) is 0 Å². The summed E-state index contributed by atoms with van der Waals surface area (Å²) in [6.45, 7) is 7.89. The first kappa shape index (κ1) is 15.3. The summed E-state index contributed by atoms with van der Waals surface area (Å²) in [5.74, 6) is 2.68. The molecule has 2 rings (SSSR count). The van der Waals surface area contributed by atoms with Gasteiger partial charge in [0.25, 0.3) is 0 Å². The Hall–Kier alpha value is -2.11. The molecule has 0 radical (unpaired) electrons. The zero-order chi connectivity index (χ0) is 15.2. The van der Waals surface area contributed by atoms with Gasteiger partial charge >= 0.3 is 0 Å². The fourth-order valence-electron chi connectivity index (χ4n) is 2.06. The minimum atomic E-state index is 0.710. The van der Waals surface area contributed by atoms with E-state index in [-0.39, 0.29) is 0 Å². The highest BCUT2D eigenvalue weighted by atomic mass is 15.2. The van der Waals surface area contributed by atoms with E-state index in [9.17, 15) is 0 Å². The van der Waals surface area contributed by atoms with Crippen LogP contribution in [0.5, 0.6) is 0 Å². The number of nitrogens with zero attached hydrogens (tertiary/aromatic N) is 4. The molecule has 0 amide bonds. The monoisotopic (exact) mass is 288 g/mol. The molecular weight excluding hydrogens is 264 g/mol. The van der Waals surface area contributed by atoms with Crippen molar-refractivity contribution < 1.29 is 0 Å². The van der Waals surface area contributed by atoms with E-state index in [4.69, 9.17) is 0 Å². The van der Waals surface area contributed by atoms with Crippen molar-refractivity contribution in [2.75, 3.05) is 17.2 Å². The van der Waals surface area contributed by atoms with Crippen molar-refractivity contribution in [2.45, 2.75) is 40.2 Å². The van der Waals surface area contributed by atoms with Gasteiger partial charge in [0.05, 0.1) is 6.20 Å². The molecule has 114 valence electrons. The molecule has 0 saturated carbocycles. The van der Waals surface area contributed by atoms with Crippen molar-refractivity contribution in [1.82, 2.24) is 19.7 Å². The fourth-order valence-corrected chi connectivity index (χ4v) is 2.06. The summed E-state index contributed by atoms with van der Waals surface area (Å²) in [7, 11) is 1.92. The van der Waals surface area contributed by atoms with Gasteiger partial charge in [0.15, 0.2) is 0 Å². The zero-order valence-electron chi connectivity index (χ0n) is 13.3. The molecule has 2 heterocycles.